The summed E-state index contributed by atoms with van der Waals surface area (Å²) >= 11 is 2.72. The minimum Gasteiger partial charge on any atom is -0.339 e. The first-order valence-electron chi connectivity index (χ1n) is 9.79. The molecule has 31 heavy (non-hydrogen) atoms. The summed E-state index contributed by atoms with van der Waals surface area (Å²) < 4.78 is 40.8. The molecular weight excluding hydrogens is 455 g/mol. The van der Waals surface area contributed by atoms with Crippen molar-refractivity contribution in [2.24, 2.45) is 0 Å². The molecule has 0 radical (unpaired) electrons. The lowest BCUT2D eigenvalue weighted by Gasteiger charge is -2.31. The Hall–Kier alpha value is -2.33. The Bertz CT molecular complexity index is 1160. The number of piperidine rings is 1. The molecule has 0 spiro atoms. The van der Waals surface area contributed by atoms with Crippen molar-refractivity contribution >= 4 is 44.7 Å². The molecule has 1 amide bonds. The molecule has 2 aromatic heterocycles. The molecule has 162 valence electrons. The third kappa shape index (κ3) is 5.48. The summed E-state index contributed by atoms with van der Waals surface area (Å²) in [5, 5.41) is 1.73. The van der Waals surface area contributed by atoms with Gasteiger partial charge in [0.15, 0.2) is 0 Å². The predicted molar refractivity (Wildman–Crippen MR) is 123 cm³/mol. The molecule has 3 heterocycles. The monoisotopic (exact) mass is 476 g/mol. The Morgan fingerprint density at radius 1 is 1.10 bits per heavy atom. The second-order valence-electron chi connectivity index (χ2n) is 7.20. The maximum Gasteiger partial charge on any atom is 0.250 e. The first-order valence-corrected chi connectivity index (χ1v) is 13.0. The van der Waals surface area contributed by atoms with Gasteiger partial charge >= 0.3 is 0 Å². The van der Waals surface area contributed by atoms with Gasteiger partial charge in [0.25, 0.3) is 0 Å². The second-order valence-corrected chi connectivity index (χ2v) is 11.2. The highest BCUT2D eigenvalue weighted by Crippen LogP contribution is 2.29. The molecule has 3 aromatic rings. The van der Waals surface area contributed by atoms with E-state index in [1.54, 1.807) is 46.7 Å². The highest BCUT2D eigenvalue weighted by atomic mass is 32.2. The van der Waals surface area contributed by atoms with E-state index < -0.39 is 10.0 Å². The molecule has 4 rings (SSSR count). The van der Waals surface area contributed by atoms with E-state index in [9.17, 15) is 17.6 Å². The van der Waals surface area contributed by atoms with E-state index in [-0.39, 0.29) is 17.8 Å². The maximum atomic E-state index is 13.1. The minimum atomic E-state index is -3.49. The van der Waals surface area contributed by atoms with Crippen LogP contribution in [0.2, 0.25) is 0 Å². The third-order valence-corrected chi connectivity index (χ3v) is 9.05. The number of hydrogen-bond acceptors (Lipinski definition) is 5. The number of sulfonamides is 1. The largest absolute Gasteiger partial charge is 0.339 e. The van der Waals surface area contributed by atoms with Crippen molar-refractivity contribution in [2.75, 3.05) is 13.1 Å². The maximum absolute atomic E-state index is 13.1. The van der Waals surface area contributed by atoms with Gasteiger partial charge in [0.05, 0.1) is 0 Å². The highest BCUT2D eigenvalue weighted by molar-refractivity contribution is 7.91. The van der Waals surface area contributed by atoms with Gasteiger partial charge in [-0.25, -0.2) is 17.5 Å². The van der Waals surface area contributed by atoms with E-state index in [1.165, 1.54) is 34.8 Å². The quantitative estimate of drug-likeness (QED) is 0.529. The van der Waals surface area contributed by atoms with Gasteiger partial charge in [-0.05, 0) is 60.2 Å². The van der Waals surface area contributed by atoms with Crippen LogP contribution in [-0.4, -0.2) is 38.4 Å². The Balaban J connectivity index is 1.30. The number of rotatable bonds is 6. The Morgan fingerprint density at radius 3 is 2.52 bits per heavy atom. The zero-order valence-corrected chi connectivity index (χ0v) is 19.0. The molecule has 1 fully saturated rings. The molecule has 1 saturated heterocycles. The Morgan fingerprint density at radius 2 is 1.84 bits per heavy atom. The highest BCUT2D eigenvalue weighted by Gasteiger charge is 2.26. The van der Waals surface area contributed by atoms with Crippen LogP contribution in [-0.2, 0) is 14.8 Å². The normalized spacial score (nSPS) is 15.6. The summed E-state index contributed by atoms with van der Waals surface area (Å²) in [6.07, 6.45) is 4.50. The SMILES string of the molecule is O=C(/C=C/c1ccc(-c2ccc(F)cc2)s1)N1CCC(NS(=O)(=O)c2cccs2)CC1. The van der Waals surface area contributed by atoms with Crippen LogP contribution in [0.5, 0.6) is 0 Å². The minimum absolute atomic E-state index is 0.0868. The summed E-state index contributed by atoms with van der Waals surface area (Å²) in [6, 6.07) is 13.3. The van der Waals surface area contributed by atoms with Crippen molar-refractivity contribution in [3.8, 4) is 10.4 Å². The molecule has 1 aliphatic rings. The van der Waals surface area contributed by atoms with Crippen molar-refractivity contribution in [3.05, 3.63) is 70.7 Å². The van der Waals surface area contributed by atoms with Gasteiger partial charge in [0, 0.05) is 35.0 Å². The molecule has 1 N–H and O–H groups in total. The standard InChI is InChI=1S/C22H21FN2O3S3/c23-17-5-3-16(4-6-17)20-9-7-19(30-20)8-10-21(26)25-13-11-18(12-14-25)24-31(27,28)22-2-1-15-29-22/h1-10,15,18,24H,11-14H2/b10-8+. The molecule has 0 aliphatic carbocycles. The molecular formula is C22H21FN2O3S3. The van der Waals surface area contributed by atoms with Gasteiger partial charge in [0.2, 0.25) is 15.9 Å². The average molecular weight is 477 g/mol. The lowest BCUT2D eigenvalue weighted by molar-refractivity contribution is -0.126. The van der Waals surface area contributed by atoms with Crippen molar-refractivity contribution < 1.29 is 17.6 Å². The van der Waals surface area contributed by atoms with E-state index in [0.29, 0.717) is 30.1 Å². The number of carbonyl (C=O) groups excluding carboxylic acids is 1. The molecule has 9 heteroatoms. The van der Waals surface area contributed by atoms with Crippen LogP contribution in [0.4, 0.5) is 4.39 Å². The summed E-state index contributed by atoms with van der Waals surface area (Å²) in [6.45, 7) is 1.01. The third-order valence-electron chi connectivity index (χ3n) is 5.03. The Kier molecular flexibility index (Phi) is 6.66. The fourth-order valence-corrected chi connectivity index (χ4v) is 6.61. The topological polar surface area (TPSA) is 66.5 Å². The van der Waals surface area contributed by atoms with Crippen molar-refractivity contribution in [2.45, 2.75) is 23.1 Å². The summed E-state index contributed by atoms with van der Waals surface area (Å²) in [7, 11) is -3.49. The van der Waals surface area contributed by atoms with Crippen LogP contribution in [0, 0.1) is 5.82 Å². The molecule has 5 nitrogen and oxygen atoms in total. The number of likely N-dealkylation sites (tertiary alicyclic amines) is 1. The van der Waals surface area contributed by atoms with Crippen LogP contribution >= 0.6 is 22.7 Å². The number of amides is 1. The van der Waals surface area contributed by atoms with E-state index in [1.807, 2.05) is 12.1 Å². The lowest BCUT2D eigenvalue weighted by atomic mass is 10.1. The van der Waals surface area contributed by atoms with Gasteiger partial charge in [-0.3, -0.25) is 4.79 Å². The van der Waals surface area contributed by atoms with Gasteiger partial charge in [-0.15, -0.1) is 22.7 Å². The number of benzene rings is 1. The first kappa shape index (κ1) is 21.9. The number of halogens is 1. The van der Waals surface area contributed by atoms with E-state index in [4.69, 9.17) is 0 Å². The van der Waals surface area contributed by atoms with Crippen molar-refractivity contribution in [3.63, 3.8) is 0 Å². The molecule has 0 saturated carbocycles. The van der Waals surface area contributed by atoms with Gasteiger partial charge in [-0.2, -0.15) is 0 Å². The summed E-state index contributed by atoms with van der Waals surface area (Å²) in [5.74, 6) is -0.356. The fourth-order valence-electron chi connectivity index (χ4n) is 3.38. The fraction of sp³-hybridized carbons (Fsp3) is 0.227. The number of carbonyl (C=O) groups is 1. The molecule has 0 bridgehead atoms. The van der Waals surface area contributed by atoms with E-state index in [2.05, 4.69) is 4.72 Å². The van der Waals surface area contributed by atoms with Gasteiger partial charge < -0.3 is 4.90 Å². The van der Waals surface area contributed by atoms with Crippen LogP contribution in [0.15, 0.2) is 64.2 Å². The number of nitrogens with zero attached hydrogens (tertiary/aromatic N) is 1. The van der Waals surface area contributed by atoms with Gasteiger partial charge in [-0.1, -0.05) is 18.2 Å². The Labute approximate surface area is 188 Å². The summed E-state index contributed by atoms with van der Waals surface area (Å²) in [5.41, 5.74) is 0.935. The molecule has 1 aliphatic heterocycles. The first-order chi connectivity index (χ1) is 14.9. The number of hydrogen-bond donors (Lipinski definition) is 1. The molecule has 0 unspecified atom stereocenters. The van der Waals surface area contributed by atoms with Gasteiger partial charge in [0.1, 0.15) is 10.0 Å². The van der Waals surface area contributed by atoms with Crippen LogP contribution in [0.25, 0.3) is 16.5 Å². The second kappa shape index (κ2) is 9.44. The summed E-state index contributed by atoms with van der Waals surface area (Å²) in [4.78, 5) is 16.2. The smallest absolute Gasteiger partial charge is 0.250 e. The number of thiophene rings is 2. The van der Waals surface area contributed by atoms with Crippen LogP contribution in [0.3, 0.4) is 0 Å². The van der Waals surface area contributed by atoms with Crippen LogP contribution in [0.1, 0.15) is 17.7 Å². The molecule has 0 atom stereocenters. The van der Waals surface area contributed by atoms with E-state index >= 15 is 0 Å². The van der Waals surface area contributed by atoms with Crippen LogP contribution < -0.4 is 4.72 Å². The van der Waals surface area contributed by atoms with E-state index in [0.717, 1.165) is 15.3 Å². The molecule has 1 aromatic carbocycles. The lowest BCUT2D eigenvalue weighted by Crippen LogP contribution is -2.46. The van der Waals surface area contributed by atoms with Crippen molar-refractivity contribution in [1.29, 1.82) is 0 Å². The predicted octanol–water partition coefficient (Wildman–Crippen LogP) is 4.60. The van der Waals surface area contributed by atoms with Crippen molar-refractivity contribution in [1.82, 2.24) is 9.62 Å². The average Bonchev–Trinajstić information content (AvgIpc) is 3.46. The number of nitrogens with one attached hydrogen (secondary N) is 1. The zero-order valence-electron chi connectivity index (χ0n) is 16.5. The zero-order chi connectivity index (χ0) is 21.8.